The van der Waals surface area contributed by atoms with Gasteiger partial charge in [-0.25, -0.2) is 4.39 Å². The van der Waals surface area contributed by atoms with E-state index in [9.17, 15) is 18.0 Å². The van der Waals surface area contributed by atoms with Crippen LogP contribution in [-0.4, -0.2) is 32.4 Å². The van der Waals surface area contributed by atoms with Gasteiger partial charge in [-0.15, -0.1) is 10.2 Å². The molecular weight excluding hydrogens is 391 g/mol. The molecule has 3 rings (SSSR count). The molecule has 0 bridgehead atoms. The molecule has 146 valence electrons. The zero-order chi connectivity index (χ0) is 20.3. The van der Waals surface area contributed by atoms with Gasteiger partial charge in [0.05, 0.1) is 5.25 Å². The third-order valence-electron chi connectivity index (χ3n) is 3.95. The first-order chi connectivity index (χ1) is 13.3. The van der Waals surface area contributed by atoms with Crippen molar-refractivity contribution in [3.05, 3.63) is 59.9 Å². The lowest BCUT2D eigenvalue weighted by molar-refractivity contribution is -0.0498. The number of hydrogen-bond donors (Lipinski definition) is 0. The number of ketones is 1. The third-order valence-corrected chi connectivity index (χ3v) is 5.09. The average Bonchev–Trinajstić information content (AvgIpc) is 3.02. The number of thioether (sulfide) groups is 1. The molecule has 0 aliphatic carbocycles. The number of benzene rings is 2. The maximum atomic E-state index is 13.1. The lowest BCUT2D eigenvalue weighted by atomic mass is 10.1. The first-order valence-electron chi connectivity index (χ1n) is 8.26. The summed E-state index contributed by atoms with van der Waals surface area (Å²) in [6, 6.07) is 11.4. The normalized spacial score (nSPS) is 12.2. The fraction of sp³-hybridized carbons (Fsp3) is 0.211. The third kappa shape index (κ3) is 4.53. The number of halogens is 3. The van der Waals surface area contributed by atoms with Crippen LogP contribution in [0.15, 0.2) is 53.7 Å². The fourth-order valence-electron chi connectivity index (χ4n) is 2.51. The lowest BCUT2D eigenvalue weighted by Crippen LogP contribution is -2.14. The van der Waals surface area contributed by atoms with Crippen molar-refractivity contribution in [3.8, 4) is 17.1 Å². The van der Waals surface area contributed by atoms with E-state index in [4.69, 9.17) is 0 Å². The van der Waals surface area contributed by atoms with Gasteiger partial charge in [0.2, 0.25) is 0 Å². The number of ether oxygens (including phenoxy) is 1. The summed E-state index contributed by atoms with van der Waals surface area (Å²) < 4.78 is 43.5. The van der Waals surface area contributed by atoms with E-state index < -0.39 is 11.9 Å². The minimum absolute atomic E-state index is 0.0101. The van der Waals surface area contributed by atoms with Gasteiger partial charge < -0.3 is 9.30 Å². The van der Waals surface area contributed by atoms with E-state index >= 15 is 0 Å². The topological polar surface area (TPSA) is 57.0 Å². The van der Waals surface area contributed by atoms with Crippen LogP contribution in [0.5, 0.6) is 5.75 Å². The van der Waals surface area contributed by atoms with Crippen molar-refractivity contribution in [1.82, 2.24) is 14.8 Å². The number of hydrogen-bond acceptors (Lipinski definition) is 5. The Kier molecular flexibility index (Phi) is 6.03. The highest BCUT2D eigenvalue weighted by Crippen LogP contribution is 2.28. The van der Waals surface area contributed by atoms with Gasteiger partial charge in [-0.3, -0.25) is 4.79 Å². The molecule has 5 nitrogen and oxygen atoms in total. The summed E-state index contributed by atoms with van der Waals surface area (Å²) in [6.45, 7) is -1.19. The van der Waals surface area contributed by atoms with E-state index in [2.05, 4.69) is 14.9 Å². The number of rotatable bonds is 7. The van der Waals surface area contributed by atoms with Gasteiger partial charge in [0.25, 0.3) is 0 Å². The molecule has 1 aromatic heterocycles. The van der Waals surface area contributed by atoms with Crippen molar-refractivity contribution in [2.24, 2.45) is 7.05 Å². The molecule has 1 atom stereocenters. The smallest absolute Gasteiger partial charge is 0.387 e. The Bertz CT molecular complexity index is 960. The number of nitrogens with zero attached hydrogens (tertiary/aromatic N) is 3. The van der Waals surface area contributed by atoms with Gasteiger partial charge in [0.15, 0.2) is 16.8 Å². The average molecular weight is 407 g/mol. The zero-order valence-corrected chi connectivity index (χ0v) is 15.8. The predicted octanol–water partition coefficient (Wildman–Crippen LogP) is 4.59. The highest BCUT2D eigenvalue weighted by atomic mass is 32.2. The van der Waals surface area contributed by atoms with Gasteiger partial charge in [-0.2, -0.15) is 8.78 Å². The first-order valence-corrected chi connectivity index (χ1v) is 9.14. The quantitative estimate of drug-likeness (QED) is 0.424. The summed E-state index contributed by atoms with van der Waals surface area (Å²) in [4.78, 5) is 12.6. The molecule has 3 aromatic rings. The van der Waals surface area contributed by atoms with Gasteiger partial charge in [-0.05, 0) is 55.5 Å². The Morgan fingerprint density at radius 2 is 1.71 bits per heavy atom. The zero-order valence-electron chi connectivity index (χ0n) is 15.0. The van der Waals surface area contributed by atoms with Crippen molar-refractivity contribution < 1.29 is 22.7 Å². The van der Waals surface area contributed by atoms with E-state index in [1.165, 1.54) is 48.2 Å². The second-order valence-corrected chi connectivity index (χ2v) is 7.21. The van der Waals surface area contributed by atoms with Gasteiger partial charge in [0.1, 0.15) is 11.6 Å². The Hall–Kier alpha value is -2.81. The minimum Gasteiger partial charge on any atom is -0.435 e. The van der Waals surface area contributed by atoms with Crippen molar-refractivity contribution in [3.63, 3.8) is 0 Å². The Morgan fingerprint density at radius 3 is 2.32 bits per heavy atom. The van der Waals surface area contributed by atoms with Crippen LogP contribution in [-0.2, 0) is 7.05 Å². The molecule has 9 heteroatoms. The maximum Gasteiger partial charge on any atom is 0.387 e. The molecule has 28 heavy (non-hydrogen) atoms. The van der Waals surface area contributed by atoms with E-state index in [1.54, 1.807) is 30.7 Å². The molecule has 0 saturated carbocycles. The number of alkyl halides is 2. The van der Waals surface area contributed by atoms with E-state index in [0.29, 0.717) is 22.1 Å². The summed E-state index contributed by atoms with van der Waals surface area (Å²) in [7, 11) is 1.76. The van der Waals surface area contributed by atoms with Crippen LogP contribution in [0.2, 0.25) is 0 Å². The van der Waals surface area contributed by atoms with Crippen molar-refractivity contribution >= 4 is 17.5 Å². The number of Topliss-reactive ketones (excluding diaryl/α,β-unsaturated/α-hetero) is 1. The van der Waals surface area contributed by atoms with Crippen LogP contribution in [0, 0.1) is 5.82 Å². The maximum absolute atomic E-state index is 13.1. The summed E-state index contributed by atoms with van der Waals surface area (Å²) in [6.07, 6.45) is 0. The summed E-state index contributed by atoms with van der Waals surface area (Å²) in [5.74, 6) is 0.0179. The number of carbonyl (C=O) groups excluding carboxylic acids is 1. The van der Waals surface area contributed by atoms with Crippen LogP contribution in [0.3, 0.4) is 0 Å². The molecule has 0 amide bonds. The molecular formula is C19H16F3N3O2S. The van der Waals surface area contributed by atoms with Gasteiger partial charge in [0, 0.05) is 18.2 Å². The highest BCUT2D eigenvalue weighted by molar-refractivity contribution is 8.00. The van der Waals surface area contributed by atoms with Crippen LogP contribution in [0.1, 0.15) is 17.3 Å². The Labute approximate surface area is 163 Å². The van der Waals surface area contributed by atoms with Gasteiger partial charge >= 0.3 is 6.61 Å². The van der Waals surface area contributed by atoms with Crippen molar-refractivity contribution in [1.29, 1.82) is 0 Å². The van der Waals surface area contributed by atoms with E-state index in [1.807, 2.05) is 0 Å². The molecule has 0 fully saturated rings. The second kappa shape index (κ2) is 8.47. The standard InChI is InChI=1S/C19H16F3N3O2S/c1-11(16(26)12-5-9-15(10-6-12)27-18(21)22)28-19-24-23-17(25(19)2)13-3-7-14(20)8-4-13/h3-11,18H,1-2H3/t11-/m1/s1. The largest absolute Gasteiger partial charge is 0.435 e. The van der Waals surface area contributed by atoms with E-state index in [-0.39, 0.29) is 17.3 Å². The van der Waals surface area contributed by atoms with Gasteiger partial charge in [-0.1, -0.05) is 11.8 Å². The summed E-state index contributed by atoms with van der Waals surface area (Å²) in [5, 5.41) is 8.26. The Morgan fingerprint density at radius 1 is 1.07 bits per heavy atom. The Balaban J connectivity index is 1.71. The molecule has 0 unspecified atom stereocenters. The van der Waals surface area contributed by atoms with Crippen molar-refractivity contribution in [2.45, 2.75) is 23.9 Å². The molecule has 2 aromatic carbocycles. The predicted molar refractivity (Wildman–Crippen MR) is 99.1 cm³/mol. The van der Waals surface area contributed by atoms with Crippen molar-refractivity contribution in [2.75, 3.05) is 0 Å². The monoisotopic (exact) mass is 407 g/mol. The van der Waals surface area contributed by atoms with Crippen LogP contribution >= 0.6 is 11.8 Å². The van der Waals surface area contributed by atoms with Crippen LogP contribution in [0.25, 0.3) is 11.4 Å². The second-order valence-electron chi connectivity index (χ2n) is 5.90. The highest BCUT2D eigenvalue weighted by Gasteiger charge is 2.21. The summed E-state index contributed by atoms with van der Waals surface area (Å²) in [5.41, 5.74) is 1.08. The van der Waals surface area contributed by atoms with Crippen LogP contribution in [0.4, 0.5) is 13.2 Å². The number of carbonyl (C=O) groups is 1. The first kappa shape index (κ1) is 19.9. The minimum atomic E-state index is -2.91. The molecule has 0 aliphatic rings. The summed E-state index contributed by atoms with van der Waals surface area (Å²) >= 11 is 1.22. The molecule has 1 heterocycles. The lowest BCUT2D eigenvalue weighted by Gasteiger charge is -2.11. The molecule has 0 saturated heterocycles. The number of aromatic nitrogens is 3. The molecule has 0 radical (unpaired) electrons. The fourth-order valence-corrected chi connectivity index (χ4v) is 3.41. The molecule has 0 aliphatic heterocycles. The SMILES string of the molecule is C[C@@H](Sc1nnc(-c2ccc(F)cc2)n1C)C(=O)c1ccc(OC(F)F)cc1. The van der Waals surface area contributed by atoms with Crippen LogP contribution < -0.4 is 4.74 Å². The molecule has 0 N–H and O–H groups in total. The molecule has 0 spiro atoms. The van der Waals surface area contributed by atoms with E-state index in [0.717, 1.165) is 0 Å².